The lowest BCUT2D eigenvalue weighted by Gasteiger charge is -2.39. The Morgan fingerprint density at radius 3 is 2.70 bits per heavy atom. The van der Waals surface area contributed by atoms with Gasteiger partial charge in [0.1, 0.15) is 0 Å². The standard InChI is InChI=1S/C20H28F2N4O/c1-12(20(27)23-14-4-2-3-5-14)26-9-8-18-15(11-26)19(25-24-18)13-6-7-16(21)17(22)10-13/h6-7,10,12,14-15,18-19,24-25H,2-5,8-9,11H2,1H3,(H,23,27). The molecule has 27 heavy (non-hydrogen) atoms. The third-order valence-corrected chi connectivity index (χ3v) is 6.47. The minimum atomic E-state index is -0.830. The zero-order valence-electron chi connectivity index (χ0n) is 15.7. The van der Waals surface area contributed by atoms with Crippen LogP contribution in [0.25, 0.3) is 0 Å². The Morgan fingerprint density at radius 1 is 1.19 bits per heavy atom. The molecule has 4 rings (SSSR count). The Morgan fingerprint density at radius 2 is 1.96 bits per heavy atom. The molecule has 1 saturated carbocycles. The molecule has 3 N–H and O–H groups in total. The van der Waals surface area contributed by atoms with Crippen molar-refractivity contribution in [2.24, 2.45) is 5.92 Å². The quantitative estimate of drug-likeness (QED) is 0.752. The van der Waals surface area contributed by atoms with E-state index in [4.69, 9.17) is 0 Å². The van der Waals surface area contributed by atoms with Gasteiger partial charge >= 0.3 is 0 Å². The predicted molar refractivity (Wildman–Crippen MR) is 98.7 cm³/mol. The van der Waals surface area contributed by atoms with E-state index in [1.165, 1.54) is 25.0 Å². The van der Waals surface area contributed by atoms with Crippen LogP contribution in [0.2, 0.25) is 0 Å². The highest BCUT2D eigenvalue weighted by molar-refractivity contribution is 5.81. The van der Waals surface area contributed by atoms with Gasteiger partial charge in [-0.2, -0.15) is 0 Å². The summed E-state index contributed by atoms with van der Waals surface area (Å²) >= 11 is 0. The third kappa shape index (κ3) is 3.86. The van der Waals surface area contributed by atoms with E-state index in [2.05, 4.69) is 21.1 Å². The Kier molecular flexibility index (Phi) is 5.43. The first-order valence-electron chi connectivity index (χ1n) is 10.0. The summed E-state index contributed by atoms with van der Waals surface area (Å²) in [7, 11) is 0. The van der Waals surface area contributed by atoms with Crippen LogP contribution >= 0.6 is 0 Å². The molecule has 0 aromatic heterocycles. The van der Waals surface area contributed by atoms with E-state index >= 15 is 0 Å². The number of nitrogens with zero attached hydrogens (tertiary/aromatic N) is 1. The smallest absolute Gasteiger partial charge is 0.237 e. The predicted octanol–water partition coefficient (Wildman–Crippen LogP) is 2.25. The average molecular weight is 378 g/mol. The number of benzene rings is 1. The number of likely N-dealkylation sites (tertiary alicyclic amines) is 1. The highest BCUT2D eigenvalue weighted by Crippen LogP contribution is 2.34. The number of hydrazine groups is 1. The molecule has 0 radical (unpaired) electrons. The lowest BCUT2D eigenvalue weighted by molar-refractivity contribution is -0.127. The molecule has 1 amide bonds. The fourth-order valence-electron chi connectivity index (χ4n) is 4.77. The van der Waals surface area contributed by atoms with Gasteiger partial charge in [0.05, 0.1) is 12.1 Å². The van der Waals surface area contributed by atoms with E-state index < -0.39 is 11.6 Å². The van der Waals surface area contributed by atoms with Crippen molar-refractivity contribution >= 4 is 5.91 Å². The molecule has 3 aliphatic rings. The van der Waals surface area contributed by atoms with Crippen LogP contribution in [0.5, 0.6) is 0 Å². The number of hydrogen-bond donors (Lipinski definition) is 3. The summed E-state index contributed by atoms with van der Waals surface area (Å²) in [5, 5.41) is 3.19. The number of hydrogen-bond acceptors (Lipinski definition) is 4. The van der Waals surface area contributed by atoms with Gasteiger partial charge < -0.3 is 5.32 Å². The average Bonchev–Trinajstić information content (AvgIpc) is 3.32. The van der Waals surface area contributed by atoms with E-state index in [0.717, 1.165) is 37.9 Å². The van der Waals surface area contributed by atoms with Gasteiger partial charge in [-0.15, -0.1) is 0 Å². The number of carbonyl (C=O) groups excluding carboxylic acids is 1. The molecule has 5 nitrogen and oxygen atoms in total. The SMILES string of the molecule is CC(C(=O)NC1CCCC1)N1CCC2NNC(c3ccc(F)c(F)c3)C2C1. The Bertz CT molecular complexity index is 695. The summed E-state index contributed by atoms with van der Waals surface area (Å²) in [6.07, 6.45) is 5.46. The van der Waals surface area contributed by atoms with Gasteiger partial charge in [-0.05, 0) is 43.9 Å². The summed E-state index contributed by atoms with van der Waals surface area (Å²) in [6, 6.07) is 4.39. The number of carbonyl (C=O) groups is 1. The first kappa shape index (κ1) is 18.8. The van der Waals surface area contributed by atoms with E-state index in [1.807, 2.05) is 6.92 Å². The second kappa shape index (κ2) is 7.81. The minimum Gasteiger partial charge on any atom is -0.352 e. The number of halogens is 2. The van der Waals surface area contributed by atoms with Crippen molar-refractivity contribution < 1.29 is 13.6 Å². The minimum absolute atomic E-state index is 0.0991. The highest BCUT2D eigenvalue weighted by atomic mass is 19.2. The molecular formula is C20H28F2N4O. The van der Waals surface area contributed by atoms with Crippen LogP contribution in [0, 0.1) is 17.6 Å². The second-order valence-corrected chi connectivity index (χ2v) is 8.16. The maximum Gasteiger partial charge on any atom is 0.237 e. The summed E-state index contributed by atoms with van der Waals surface area (Å²) in [6.45, 7) is 3.56. The molecule has 7 heteroatoms. The van der Waals surface area contributed by atoms with Gasteiger partial charge in [-0.1, -0.05) is 18.9 Å². The van der Waals surface area contributed by atoms with Crippen LogP contribution < -0.4 is 16.2 Å². The molecular weight excluding hydrogens is 350 g/mol. The molecule has 3 fully saturated rings. The van der Waals surface area contributed by atoms with Gasteiger partial charge in [0.2, 0.25) is 5.91 Å². The molecule has 2 saturated heterocycles. The number of nitrogens with one attached hydrogen (secondary N) is 3. The molecule has 2 heterocycles. The van der Waals surface area contributed by atoms with Crippen LogP contribution in [0.3, 0.4) is 0 Å². The fraction of sp³-hybridized carbons (Fsp3) is 0.650. The Balaban J connectivity index is 1.42. The Hall–Kier alpha value is -1.57. The highest BCUT2D eigenvalue weighted by Gasteiger charge is 2.42. The van der Waals surface area contributed by atoms with Gasteiger partial charge in [-0.25, -0.2) is 14.2 Å². The normalized spacial score (nSPS) is 30.3. The zero-order valence-corrected chi connectivity index (χ0v) is 15.7. The van der Waals surface area contributed by atoms with Crippen molar-refractivity contribution in [3.05, 3.63) is 35.4 Å². The molecule has 0 spiro atoms. The van der Waals surface area contributed by atoms with E-state index in [1.54, 1.807) is 6.07 Å². The molecule has 4 atom stereocenters. The molecule has 1 aromatic rings. The van der Waals surface area contributed by atoms with Gasteiger partial charge in [0, 0.05) is 31.1 Å². The number of fused-ring (bicyclic) bond motifs is 1. The van der Waals surface area contributed by atoms with Gasteiger partial charge in [-0.3, -0.25) is 15.1 Å². The van der Waals surface area contributed by atoms with Crippen LogP contribution in [0.1, 0.15) is 50.6 Å². The topological polar surface area (TPSA) is 56.4 Å². The first-order chi connectivity index (χ1) is 13.0. The summed E-state index contributed by atoms with van der Waals surface area (Å²) in [5.74, 6) is -1.35. The van der Waals surface area contributed by atoms with E-state index in [9.17, 15) is 13.6 Å². The summed E-state index contributed by atoms with van der Waals surface area (Å²) < 4.78 is 27.0. The van der Waals surface area contributed by atoms with E-state index in [-0.39, 0.29) is 30.0 Å². The monoisotopic (exact) mass is 378 g/mol. The van der Waals surface area contributed by atoms with Crippen molar-refractivity contribution in [2.75, 3.05) is 13.1 Å². The maximum absolute atomic E-state index is 13.7. The van der Waals surface area contributed by atoms with Crippen molar-refractivity contribution in [1.29, 1.82) is 0 Å². The van der Waals surface area contributed by atoms with Crippen molar-refractivity contribution in [3.8, 4) is 0 Å². The first-order valence-corrected chi connectivity index (χ1v) is 10.0. The number of piperidine rings is 1. The molecule has 4 unspecified atom stereocenters. The molecule has 2 aliphatic heterocycles. The fourth-order valence-corrected chi connectivity index (χ4v) is 4.77. The number of amides is 1. The van der Waals surface area contributed by atoms with Gasteiger partial charge in [0.15, 0.2) is 11.6 Å². The van der Waals surface area contributed by atoms with Crippen LogP contribution in [0.4, 0.5) is 8.78 Å². The van der Waals surface area contributed by atoms with Crippen LogP contribution in [-0.4, -0.2) is 42.0 Å². The summed E-state index contributed by atoms with van der Waals surface area (Å²) in [4.78, 5) is 14.9. The van der Waals surface area contributed by atoms with Crippen LogP contribution in [0.15, 0.2) is 18.2 Å². The third-order valence-electron chi connectivity index (χ3n) is 6.47. The summed E-state index contributed by atoms with van der Waals surface area (Å²) in [5.41, 5.74) is 7.27. The van der Waals surface area contributed by atoms with Crippen molar-refractivity contribution in [3.63, 3.8) is 0 Å². The lowest BCUT2D eigenvalue weighted by Crippen LogP contribution is -2.54. The van der Waals surface area contributed by atoms with Gasteiger partial charge in [0.25, 0.3) is 0 Å². The molecule has 148 valence electrons. The number of rotatable bonds is 4. The zero-order chi connectivity index (χ0) is 19.0. The van der Waals surface area contributed by atoms with Crippen molar-refractivity contribution in [1.82, 2.24) is 21.1 Å². The molecule has 1 aliphatic carbocycles. The Labute approximate surface area is 158 Å². The van der Waals surface area contributed by atoms with E-state index in [0.29, 0.717) is 6.04 Å². The maximum atomic E-state index is 13.7. The van der Waals surface area contributed by atoms with Crippen molar-refractivity contribution in [2.45, 2.75) is 63.2 Å². The second-order valence-electron chi connectivity index (χ2n) is 8.16. The lowest BCUT2D eigenvalue weighted by atomic mass is 9.84. The molecule has 0 bridgehead atoms. The largest absolute Gasteiger partial charge is 0.352 e. The molecule has 1 aromatic carbocycles. The van der Waals surface area contributed by atoms with Crippen LogP contribution in [-0.2, 0) is 4.79 Å².